The standard InChI is InChI=1S/C18H35N5O/c1-4-20-18(21-9-11-23(14(2)3)16-7-8-16)22-10-5-6-15(13-22)12-17(19)24/h14-16H,4-13H2,1-3H3,(H2,19,24)(H,20,21). The second-order valence-corrected chi connectivity index (χ2v) is 7.42. The fraction of sp³-hybridized carbons (Fsp3) is 0.889. The van der Waals surface area contributed by atoms with Gasteiger partial charge >= 0.3 is 0 Å². The number of primary amides is 1. The van der Waals surface area contributed by atoms with E-state index in [4.69, 9.17) is 10.7 Å². The van der Waals surface area contributed by atoms with Gasteiger partial charge in [-0.2, -0.15) is 0 Å². The number of aliphatic imine (C=N–C) groups is 1. The van der Waals surface area contributed by atoms with Crippen LogP contribution in [0, 0.1) is 5.92 Å². The minimum absolute atomic E-state index is 0.194. The first-order valence-corrected chi connectivity index (χ1v) is 9.58. The molecule has 0 bridgehead atoms. The molecule has 1 amide bonds. The monoisotopic (exact) mass is 337 g/mol. The molecule has 1 aliphatic heterocycles. The lowest BCUT2D eigenvalue weighted by atomic mass is 9.95. The predicted octanol–water partition coefficient (Wildman–Crippen LogP) is 1.41. The predicted molar refractivity (Wildman–Crippen MR) is 99.0 cm³/mol. The number of nitrogens with one attached hydrogen (secondary N) is 1. The quantitative estimate of drug-likeness (QED) is 0.519. The van der Waals surface area contributed by atoms with Crippen molar-refractivity contribution in [2.75, 3.05) is 32.7 Å². The third-order valence-electron chi connectivity index (χ3n) is 4.94. The fourth-order valence-corrected chi connectivity index (χ4v) is 3.67. The number of carbonyl (C=O) groups is 1. The van der Waals surface area contributed by atoms with Gasteiger partial charge in [-0.1, -0.05) is 0 Å². The number of guanidine groups is 1. The molecule has 2 fully saturated rings. The number of nitrogens with two attached hydrogens (primary N) is 1. The lowest BCUT2D eigenvalue weighted by Crippen LogP contribution is -2.47. The van der Waals surface area contributed by atoms with Crippen LogP contribution in [0.5, 0.6) is 0 Å². The summed E-state index contributed by atoms with van der Waals surface area (Å²) in [5, 5.41) is 3.42. The maximum absolute atomic E-state index is 11.2. The van der Waals surface area contributed by atoms with E-state index in [2.05, 4.69) is 35.9 Å². The van der Waals surface area contributed by atoms with Gasteiger partial charge in [0.15, 0.2) is 5.96 Å². The average Bonchev–Trinajstić information content (AvgIpc) is 3.34. The lowest BCUT2D eigenvalue weighted by Gasteiger charge is -2.35. The summed E-state index contributed by atoms with van der Waals surface area (Å²) in [4.78, 5) is 20.9. The molecular weight excluding hydrogens is 302 g/mol. The molecule has 6 heteroatoms. The van der Waals surface area contributed by atoms with Crippen molar-refractivity contribution < 1.29 is 4.79 Å². The summed E-state index contributed by atoms with van der Waals surface area (Å²) in [6.45, 7) is 11.3. The van der Waals surface area contributed by atoms with Gasteiger partial charge in [0.05, 0.1) is 6.54 Å². The van der Waals surface area contributed by atoms with E-state index in [0.29, 0.717) is 18.4 Å². The molecule has 6 nitrogen and oxygen atoms in total. The highest BCUT2D eigenvalue weighted by Gasteiger charge is 2.30. The molecule has 1 atom stereocenters. The smallest absolute Gasteiger partial charge is 0.217 e. The van der Waals surface area contributed by atoms with E-state index in [1.54, 1.807) is 0 Å². The second kappa shape index (κ2) is 9.25. The Morgan fingerprint density at radius 2 is 2.12 bits per heavy atom. The van der Waals surface area contributed by atoms with E-state index in [1.165, 1.54) is 12.8 Å². The van der Waals surface area contributed by atoms with Crippen molar-refractivity contribution in [3.63, 3.8) is 0 Å². The second-order valence-electron chi connectivity index (χ2n) is 7.42. The summed E-state index contributed by atoms with van der Waals surface area (Å²) in [7, 11) is 0. The molecule has 0 aromatic rings. The molecular formula is C18H35N5O. The number of carbonyl (C=O) groups excluding carboxylic acids is 1. The van der Waals surface area contributed by atoms with E-state index < -0.39 is 0 Å². The van der Waals surface area contributed by atoms with Crippen LogP contribution in [-0.2, 0) is 4.79 Å². The van der Waals surface area contributed by atoms with Crippen molar-refractivity contribution in [3.8, 4) is 0 Å². The Kier molecular flexibility index (Phi) is 7.34. The van der Waals surface area contributed by atoms with Gasteiger partial charge in [0.1, 0.15) is 0 Å². The van der Waals surface area contributed by atoms with Crippen LogP contribution in [-0.4, -0.2) is 66.5 Å². The Balaban J connectivity index is 1.90. The fourth-order valence-electron chi connectivity index (χ4n) is 3.67. The molecule has 2 aliphatic rings. The zero-order valence-electron chi connectivity index (χ0n) is 15.6. The van der Waals surface area contributed by atoms with Gasteiger partial charge < -0.3 is 16.0 Å². The number of likely N-dealkylation sites (tertiary alicyclic amines) is 1. The number of hydrogen-bond donors (Lipinski definition) is 2. The molecule has 138 valence electrons. The van der Waals surface area contributed by atoms with Crippen LogP contribution in [0.3, 0.4) is 0 Å². The van der Waals surface area contributed by atoms with E-state index in [-0.39, 0.29) is 5.91 Å². The van der Waals surface area contributed by atoms with Crippen LogP contribution < -0.4 is 11.1 Å². The Labute approximate surface area is 146 Å². The Morgan fingerprint density at radius 1 is 1.38 bits per heavy atom. The van der Waals surface area contributed by atoms with Crippen LogP contribution in [0.2, 0.25) is 0 Å². The first kappa shape index (κ1) is 19.0. The summed E-state index contributed by atoms with van der Waals surface area (Å²) in [6.07, 6.45) is 5.34. The molecule has 24 heavy (non-hydrogen) atoms. The van der Waals surface area contributed by atoms with Crippen molar-refractivity contribution in [1.82, 2.24) is 15.1 Å². The lowest BCUT2D eigenvalue weighted by molar-refractivity contribution is -0.119. The molecule has 2 rings (SSSR count). The Hall–Kier alpha value is -1.30. The molecule has 0 aromatic heterocycles. The van der Waals surface area contributed by atoms with Crippen LogP contribution in [0.15, 0.2) is 4.99 Å². The third kappa shape index (κ3) is 5.96. The van der Waals surface area contributed by atoms with E-state index in [1.807, 2.05) is 0 Å². The van der Waals surface area contributed by atoms with Crippen molar-refractivity contribution in [2.45, 2.75) is 65.0 Å². The topological polar surface area (TPSA) is 74.0 Å². The van der Waals surface area contributed by atoms with Gasteiger partial charge in [0.25, 0.3) is 0 Å². The van der Waals surface area contributed by atoms with Crippen LogP contribution >= 0.6 is 0 Å². The van der Waals surface area contributed by atoms with E-state index in [9.17, 15) is 4.79 Å². The number of rotatable bonds is 8. The third-order valence-corrected chi connectivity index (χ3v) is 4.94. The summed E-state index contributed by atoms with van der Waals surface area (Å²) >= 11 is 0. The van der Waals surface area contributed by atoms with Crippen molar-refractivity contribution in [1.29, 1.82) is 0 Å². The zero-order chi connectivity index (χ0) is 17.5. The van der Waals surface area contributed by atoms with Gasteiger partial charge in [0, 0.05) is 44.7 Å². The molecule has 1 heterocycles. The van der Waals surface area contributed by atoms with Crippen LogP contribution in [0.1, 0.15) is 52.9 Å². The van der Waals surface area contributed by atoms with Gasteiger partial charge in [-0.15, -0.1) is 0 Å². The molecule has 0 aromatic carbocycles. The van der Waals surface area contributed by atoms with Crippen LogP contribution in [0.25, 0.3) is 0 Å². The highest BCUT2D eigenvalue weighted by molar-refractivity contribution is 5.80. The Bertz CT molecular complexity index is 431. The number of piperidine rings is 1. The molecule has 1 saturated carbocycles. The normalized spacial score (nSPS) is 22.3. The molecule has 1 saturated heterocycles. The van der Waals surface area contributed by atoms with Crippen molar-refractivity contribution >= 4 is 11.9 Å². The maximum atomic E-state index is 11.2. The van der Waals surface area contributed by atoms with Gasteiger partial charge in [-0.05, 0) is 52.4 Å². The van der Waals surface area contributed by atoms with Crippen molar-refractivity contribution in [2.24, 2.45) is 16.6 Å². The zero-order valence-corrected chi connectivity index (χ0v) is 15.6. The number of amides is 1. The largest absolute Gasteiger partial charge is 0.370 e. The molecule has 1 unspecified atom stereocenters. The van der Waals surface area contributed by atoms with Gasteiger partial charge in [-0.25, -0.2) is 0 Å². The molecule has 0 spiro atoms. The molecule has 1 aliphatic carbocycles. The summed E-state index contributed by atoms with van der Waals surface area (Å²) < 4.78 is 0. The highest BCUT2D eigenvalue weighted by Crippen LogP contribution is 2.28. The number of hydrogen-bond acceptors (Lipinski definition) is 3. The first-order valence-electron chi connectivity index (χ1n) is 9.58. The SMILES string of the molecule is CCNC(=NCCN(C(C)C)C1CC1)N1CCCC(CC(N)=O)C1. The van der Waals surface area contributed by atoms with E-state index in [0.717, 1.165) is 57.6 Å². The van der Waals surface area contributed by atoms with E-state index >= 15 is 0 Å². The minimum Gasteiger partial charge on any atom is -0.370 e. The summed E-state index contributed by atoms with van der Waals surface area (Å²) in [5.41, 5.74) is 5.37. The minimum atomic E-state index is -0.194. The number of nitrogens with zero attached hydrogens (tertiary/aromatic N) is 3. The molecule has 3 N–H and O–H groups in total. The van der Waals surface area contributed by atoms with Crippen LogP contribution in [0.4, 0.5) is 0 Å². The Morgan fingerprint density at radius 3 is 2.71 bits per heavy atom. The maximum Gasteiger partial charge on any atom is 0.217 e. The van der Waals surface area contributed by atoms with Crippen molar-refractivity contribution in [3.05, 3.63) is 0 Å². The summed E-state index contributed by atoms with van der Waals surface area (Å²) in [6, 6.07) is 1.36. The highest BCUT2D eigenvalue weighted by atomic mass is 16.1. The first-order chi connectivity index (χ1) is 11.5. The summed E-state index contributed by atoms with van der Waals surface area (Å²) in [5.74, 6) is 1.16. The van der Waals surface area contributed by atoms with Gasteiger partial charge in [-0.3, -0.25) is 14.7 Å². The average molecular weight is 338 g/mol. The molecule has 0 radical (unpaired) electrons. The van der Waals surface area contributed by atoms with Gasteiger partial charge in [0.2, 0.25) is 5.91 Å².